The lowest BCUT2D eigenvalue weighted by Gasteiger charge is -2.36. The van der Waals surface area contributed by atoms with Gasteiger partial charge in [-0.15, -0.1) is 12.4 Å². The molecule has 118 valence electrons. The van der Waals surface area contributed by atoms with Crippen molar-refractivity contribution in [1.82, 2.24) is 15.2 Å². The summed E-state index contributed by atoms with van der Waals surface area (Å²) in [6.07, 6.45) is 3.70. The molecule has 1 aromatic heterocycles. The minimum Gasteiger partial charge on any atom is -0.314 e. The van der Waals surface area contributed by atoms with Crippen LogP contribution in [0.15, 0.2) is 47.2 Å². The lowest BCUT2D eigenvalue weighted by Crippen LogP contribution is -2.45. The van der Waals surface area contributed by atoms with Crippen molar-refractivity contribution >= 4 is 28.3 Å². The lowest BCUT2D eigenvalue weighted by atomic mass is 10.0. The molecule has 0 amide bonds. The first-order chi connectivity index (χ1) is 10.2. The molecule has 1 saturated heterocycles. The minimum atomic E-state index is -0.208. The highest BCUT2D eigenvalue weighted by molar-refractivity contribution is 9.10. The van der Waals surface area contributed by atoms with E-state index in [1.165, 1.54) is 5.56 Å². The molecule has 1 aliphatic rings. The average molecular weight is 387 g/mol. The number of pyridine rings is 1. The summed E-state index contributed by atoms with van der Waals surface area (Å²) < 4.78 is 14.2. The third-order valence-corrected chi connectivity index (χ3v) is 4.44. The van der Waals surface area contributed by atoms with E-state index in [4.69, 9.17) is 0 Å². The fraction of sp³-hybridized carbons (Fsp3) is 0.312. The Morgan fingerprint density at radius 2 is 2.23 bits per heavy atom. The van der Waals surface area contributed by atoms with E-state index < -0.39 is 0 Å². The van der Waals surface area contributed by atoms with E-state index >= 15 is 0 Å². The zero-order valence-corrected chi connectivity index (χ0v) is 14.4. The van der Waals surface area contributed by atoms with Crippen LogP contribution in [-0.4, -0.2) is 29.5 Å². The fourth-order valence-corrected chi connectivity index (χ4v) is 2.96. The van der Waals surface area contributed by atoms with Crippen LogP contribution in [0.25, 0.3) is 0 Å². The summed E-state index contributed by atoms with van der Waals surface area (Å²) in [5.74, 6) is -0.208. The second-order valence-corrected chi connectivity index (χ2v) is 6.08. The van der Waals surface area contributed by atoms with Gasteiger partial charge in [0.1, 0.15) is 5.82 Å². The Morgan fingerprint density at radius 1 is 1.36 bits per heavy atom. The van der Waals surface area contributed by atoms with Gasteiger partial charge in [0.25, 0.3) is 0 Å². The molecule has 0 saturated carbocycles. The first-order valence-electron chi connectivity index (χ1n) is 7.02. The Kier molecular flexibility index (Phi) is 6.32. The summed E-state index contributed by atoms with van der Waals surface area (Å²) in [7, 11) is 0. The monoisotopic (exact) mass is 385 g/mol. The van der Waals surface area contributed by atoms with Crippen LogP contribution >= 0.6 is 28.3 Å². The van der Waals surface area contributed by atoms with Crippen LogP contribution < -0.4 is 5.32 Å². The Balaban J connectivity index is 0.00000176. The van der Waals surface area contributed by atoms with Crippen LogP contribution in [0.2, 0.25) is 0 Å². The molecule has 2 aromatic rings. The number of piperazine rings is 1. The highest BCUT2D eigenvalue weighted by Crippen LogP contribution is 2.24. The summed E-state index contributed by atoms with van der Waals surface area (Å²) >= 11 is 3.20. The number of aromatic nitrogens is 1. The van der Waals surface area contributed by atoms with Crippen LogP contribution in [0.4, 0.5) is 4.39 Å². The van der Waals surface area contributed by atoms with Crippen molar-refractivity contribution in [2.75, 3.05) is 19.6 Å². The number of hydrogen-bond donors (Lipinski definition) is 1. The number of nitrogens with one attached hydrogen (secondary N) is 1. The van der Waals surface area contributed by atoms with Gasteiger partial charge in [-0.1, -0.05) is 12.1 Å². The summed E-state index contributed by atoms with van der Waals surface area (Å²) in [6.45, 7) is 3.53. The molecule has 3 nitrogen and oxygen atoms in total. The lowest BCUT2D eigenvalue weighted by molar-refractivity contribution is 0.153. The largest absolute Gasteiger partial charge is 0.314 e. The maximum Gasteiger partial charge on any atom is 0.137 e. The third-order valence-electron chi connectivity index (χ3n) is 3.79. The summed E-state index contributed by atoms with van der Waals surface area (Å²) in [5.41, 5.74) is 2.19. The van der Waals surface area contributed by atoms with E-state index in [1.54, 1.807) is 18.3 Å². The summed E-state index contributed by atoms with van der Waals surface area (Å²) in [5, 5.41) is 3.42. The van der Waals surface area contributed by atoms with E-state index in [1.807, 2.05) is 18.3 Å². The zero-order valence-electron chi connectivity index (χ0n) is 12.0. The second kappa shape index (κ2) is 8.02. The Bertz CT molecular complexity index is 612. The van der Waals surface area contributed by atoms with Gasteiger partial charge >= 0.3 is 0 Å². The molecule has 1 atom stereocenters. The molecular formula is C16H18BrClFN3. The van der Waals surface area contributed by atoms with Gasteiger partial charge in [0, 0.05) is 44.6 Å². The van der Waals surface area contributed by atoms with Gasteiger partial charge in [-0.2, -0.15) is 0 Å². The summed E-state index contributed by atoms with van der Waals surface area (Å²) in [6, 6.07) is 9.67. The first kappa shape index (κ1) is 17.3. The van der Waals surface area contributed by atoms with Gasteiger partial charge in [0.15, 0.2) is 0 Å². The molecule has 1 unspecified atom stereocenters. The number of halogens is 3. The summed E-state index contributed by atoms with van der Waals surface area (Å²) in [4.78, 5) is 6.58. The quantitative estimate of drug-likeness (QED) is 0.874. The maximum atomic E-state index is 13.7. The van der Waals surface area contributed by atoms with Gasteiger partial charge in [-0.3, -0.25) is 9.88 Å². The van der Waals surface area contributed by atoms with E-state index in [2.05, 4.69) is 37.2 Å². The molecule has 0 spiro atoms. The maximum absolute atomic E-state index is 13.7. The number of benzene rings is 1. The number of nitrogens with zero attached hydrogens (tertiary/aromatic N) is 2. The molecule has 6 heteroatoms. The van der Waals surface area contributed by atoms with E-state index in [0.717, 1.165) is 31.7 Å². The molecule has 0 bridgehead atoms. The third kappa shape index (κ3) is 4.04. The predicted molar refractivity (Wildman–Crippen MR) is 91.6 cm³/mol. The SMILES string of the molecule is Cl.Fc1cc(CN2CCNCC2c2cccnc2)ccc1Br. The first-order valence-corrected chi connectivity index (χ1v) is 7.82. The minimum absolute atomic E-state index is 0. The van der Waals surface area contributed by atoms with Crippen molar-refractivity contribution in [3.05, 3.63) is 64.1 Å². The molecule has 1 N–H and O–H groups in total. The second-order valence-electron chi connectivity index (χ2n) is 5.23. The van der Waals surface area contributed by atoms with Crippen molar-refractivity contribution in [1.29, 1.82) is 0 Å². The van der Waals surface area contributed by atoms with Gasteiger partial charge < -0.3 is 5.32 Å². The van der Waals surface area contributed by atoms with E-state index in [0.29, 0.717) is 4.47 Å². The van der Waals surface area contributed by atoms with E-state index in [9.17, 15) is 4.39 Å². The zero-order chi connectivity index (χ0) is 14.7. The van der Waals surface area contributed by atoms with Crippen LogP contribution in [0.3, 0.4) is 0 Å². The molecule has 1 fully saturated rings. The topological polar surface area (TPSA) is 28.2 Å². The highest BCUT2D eigenvalue weighted by atomic mass is 79.9. The smallest absolute Gasteiger partial charge is 0.137 e. The molecule has 2 heterocycles. The molecule has 0 radical (unpaired) electrons. The standard InChI is InChI=1S/C16H17BrFN3.ClH/c17-14-4-3-12(8-15(14)18)11-21-7-6-20-10-16(21)13-2-1-5-19-9-13;/h1-5,8-9,16,20H,6-7,10-11H2;1H. The van der Waals surface area contributed by atoms with Gasteiger partial charge in [-0.05, 0) is 45.3 Å². The van der Waals surface area contributed by atoms with Gasteiger partial charge in [0.05, 0.1) is 4.47 Å². The van der Waals surface area contributed by atoms with Crippen LogP contribution in [-0.2, 0) is 6.54 Å². The van der Waals surface area contributed by atoms with Gasteiger partial charge in [0.2, 0.25) is 0 Å². The predicted octanol–water partition coefficient (Wildman–Crippen LogP) is 3.55. The molecule has 1 aromatic carbocycles. The van der Waals surface area contributed by atoms with Crippen molar-refractivity contribution in [3.8, 4) is 0 Å². The molecule has 1 aliphatic heterocycles. The molecule has 3 rings (SSSR count). The molecule has 22 heavy (non-hydrogen) atoms. The number of hydrogen-bond acceptors (Lipinski definition) is 3. The Hall–Kier alpha value is -1.01. The average Bonchev–Trinajstić information content (AvgIpc) is 2.52. The van der Waals surface area contributed by atoms with Crippen LogP contribution in [0.5, 0.6) is 0 Å². The van der Waals surface area contributed by atoms with Crippen molar-refractivity contribution in [3.63, 3.8) is 0 Å². The van der Waals surface area contributed by atoms with Gasteiger partial charge in [-0.25, -0.2) is 4.39 Å². The molecule has 0 aliphatic carbocycles. The van der Waals surface area contributed by atoms with Crippen molar-refractivity contribution in [2.24, 2.45) is 0 Å². The number of rotatable bonds is 3. The highest BCUT2D eigenvalue weighted by Gasteiger charge is 2.24. The van der Waals surface area contributed by atoms with Crippen LogP contribution in [0.1, 0.15) is 17.2 Å². The fourth-order valence-electron chi connectivity index (χ4n) is 2.71. The Morgan fingerprint density at radius 3 is 2.95 bits per heavy atom. The molecular weight excluding hydrogens is 369 g/mol. The van der Waals surface area contributed by atoms with E-state index in [-0.39, 0.29) is 24.3 Å². The van der Waals surface area contributed by atoms with Crippen LogP contribution in [0, 0.1) is 5.82 Å². The normalized spacial score (nSPS) is 18.7. The Labute approximate surface area is 144 Å². The van der Waals surface area contributed by atoms with Crippen molar-refractivity contribution in [2.45, 2.75) is 12.6 Å². The van der Waals surface area contributed by atoms with Crippen molar-refractivity contribution < 1.29 is 4.39 Å².